The fraction of sp³-hybridized carbons (Fsp3) is 0.538. The monoisotopic (exact) mass is 235 g/mol. The topological polar surface area (TPSA) is 12.5 Å². The van der Waals surface area contributed by atoms with Crippen LogP contribution in [0.4, 0.5) is 0 Å². The molecule has 3 atom stereocenters. The van der Waals surface area contributed by atoms with Crippen LogP contribution in [0.25, 0.3) is 0 Å². The first-order valence-electron chi connectivity index (χ1n) is 5.97. The summed E-state index contributed by atoms with van der Waals surface area (Å²) in [5, 5.41) is 0. The molecule has 16 heavy (non-hydrogen) atoms. The molecule has 2 nitrogen and oxygen atoms in total. The molecule has 0 bridgehead atoms. The molecule has 0 spiro atoms. The Bertz CT molecular complexity index is 383. The molecule has 0 aliphatic carbocycles. The van der Waals surface area contributed by atoms with Crippen molar-refractivity contribution in [3.05, 3.63) is 35.9 Å². The molecule has 0 radical (unpaired) electrons. The van der Waals surface area contributed by atoms with E-state index in [1.807, 2.05) is 0 Å². The van der Waals surface area contributed by atoms with Crippen LogP contribution in [-0.4, -0.2) is 23.9 Å². The van der Waals surface area contributed by atoms with E-state index in [0.717, 1.165) is 0 Å². The summed E-state index contributed by atoms with van der Waals surface area (Å²) in [6.07, 6.45) is 2.60. The molecule has 2 saturated heterocycles. The molecular weight excluding hydrogens is 217 g/mol. The lowest BCUT2D eigenvalue weighted by Crippen LogP contribution is -2.36. The van der Waals surface area contributed by atoms with Crippen LogP contribution >= 0.6 is 8.30 Å². The van der Waals surface area contributed by atoms with Crippen molar-refractivity contribution in [1.29, 1.82) is 0 Å². The van der Waals surface area contributed by atoms with Gasteiger partial charge < -0.3 is 4.52 Å². The van der Waals surface area contributed by atoms with Crippen LogP contribution < -0.4 is 0 Å². The molecule has 2 aliphatic rings. The van der Waals surface area contributed by atoms with E-state index in [4.69, 9.17) is 4.52 Å². The van der Waals surface area contributed by atoms with Gasteiger partial charge in [-0.25, -0.2) is 0 Å². The number of nitrogens with zero attached hydrogens (tertiary/aromatic N) is 1. The van der Waals surface area contributed by atoms with Crippen LogP contribution in [0.2, 0.25) is 0 Å². The Morgan fingerprint density at radius 1 is 1.38 bits per heavy atom. The molecule has 3 rings (SSSR count). The van der Waals surface area contributed by atoms with Crippen molar-refractivity contribution < 1.29 is 4.52 Å². The number of rotatable bonds is 1. The van der Waals surface area contributed by atoms with E-state index in [1.165, 1.54) is 24.9 Å². The number of fused-ring (bicyclic) bond motifs is 1. The van der Waals surface area contributed by atoms with Gasteiger partial charge in [-0.2, -0.15) is 0 Å². The van der Waals surface area contributed by atoms with Crippen molar-refractivity contribution in [2.45, 2.75) is 31.4 Å². The van der Waals surface area contributed by atoms with Gasteiger partial charge in [-0.05, 0) is 32.0 Å². The Morgan fingerprint density at radius 3 is 2.88 bits per heavy atom. The number of hydrogen-bond acceptors (Lipinski definition) is 2. The summed E-state index contributed by atoms with van der Waals surface area (Å²) < 4.78 is 8.86. The van der Waals surface area contributed by atoms with Gasteiger partial charge in [0, 0.05) is 12.6 Å². The number of hydrogen-bond donors (Lipinski definition) is 0. The molecule has 1 aromatic carbocycles. The summed E-state index contributed by atoms with van der Waals surface area (Å²) in [5.41, 5.74) is 1.25. The fourth-order valence-corrected chi connectivity index (χ4v) is 5.08. The first kappa shape index (κ1) is 10.7. The molecule has 2 aliphatic heterocycles. The van der Waals surface area contributed by atoms with Gasteiger partial charge in [-0.3, -0.25) is 4.67 Å². The van der Waals surface area contributed by atoms with Crippen molar-refractivity contribution in [2.75, 3.05) is 13.2 Å². The molecule has 0 saturated carbocycles. The van der Waals surface area contributed by atoms with Gasteiger partial charge in [-0.1, -0.05) is 30.3 Å². The lowest BCUT2D eigenvalue weighted by Gasteiger charge is -2.29. The molecule has 0 N–H and O–H groups in total. The Labute approximate surface area is 98.5 Å². The van der Waals surface area contributed by atoms with Crippen LogP contribution in [0.3, 0.4) is 0 Å². The van der Waals surface area contributed by atoms with E-state index in [0.29, 0.717) is 6.04 Å². The Balaban J connectivity index is 1.99. The molecule has 3 heteroatoms. The van der Waals surface area contributed by atoms with Crippen LogP contribution in [0, 0.1) is 0 Å². The first-order valence-corrected chi connectivity index (χ1v) is 7.63. The summed E-state index contributed by atoms with van der Waals surface area (Å²) in [7, 11) is -0.384. The van der Waals surface area contributed by atoms with Crippen molar-refractivity contribution in [3.8, 4) is 0 Å². The molecule has 1 unspecified atom stereocenters. The SMILES string of the molecule is CP1O[C@@](C)(c2ccccc2)[C@H]2CCCN21. The second kappa shape index (κ2) is 3.80. The van der Waals surface area contributed by atoms with E-state index in [1.54, 1.807) is 0 Å². The molecule has 1 aromatic rings. The van der Waals surface area contributed by atoms with Gasteiger partial charge in [0.25, 0.3) is 0 Å². The van der Waals surface area contributed by atoms with Crippen molar-refractivity contribution >= 4 is 8.30 Å². The Morgan fingerprint density at radius 2 is 2.12 bits per heavy atom. The third-order valence-corrected chi connectivity index (χ3v) is 5.74. The highest BCUT2D eigenvalue weighted by atomic mass is 31.2. The average molecular weight is 235 g/mol. The van der Waals surface area contributed by atoms with Crippen molar-refractivity contribution in [2.24, 2.45) is 0 Å². The predicted molar refractivity (Wildman–Crippen MR) is 67.5 cm³/mol. The largest absolute Gasteiger partial charge is 0.331 e. The minimum absolute atomic E-state index is 0.0851. The predicted octanol–water partition coefficient (Wildman–Crippen LogP) is 3.34. The van der Waals surface area contributed by atoms with Gasteiger partial charge in [0.1, 0.15) is 13.9 Å². The van der Waals surface area contributed by atoms with Crippen LogP contribution in [0.15, 0.2) is 30.3 Å². The number of benzene rings is 1. The van der Waals surface area contributed by atoms with Crippen molar-refractivity contribution in [1.82, 2.24) is 4.67 Å². The molecule has 86 valence electrons. The molecule has 0 aromatic heterocycles. The first-order chi connectivity index (χ1) is 7.72. The minimum atomic E-state index is -0.384. The third-order valence-electron chi connectivity index (χ3n) is 3.89. The van der Waals surface area contributed by atoms with Gasteiger partial charge >= 0.3 is 0 Å². The summed E-state index contributed by atoms with van der Waals surface area (Å²) in [6.45, 7) is 5.72. The van der Waals surface area contributed by atoms with Gasteiger partial charge in [0.15, 0.2) is 0 Å². The Kier molecular flexibility index (Phi) is 2.54. The third kappa shape index (κ3) is 1.44. The smallest absolute Gasteiger partial charge is 0.112 e. The summed E-state index contributed by atoms with van der Waals surface area (Å²) in [5.74, 6) is 0. The second-order valence-electron chi connectivity index (χ2n) is 4.85. The maximum Gasteiger partial charge on any atom is 0.112 e. The zero-order valence-electron chi connectivity index (χ0n) is 9.89. The maximum atomic E-state index is 6.29. The summed E-state index contributed by atoms with van der Waals surface area (Å²) in [4.78, 5) is 0. The zero-order valence-corrected chi connectivity index (χ0v) is 10.8. The highest BCUT2D eigenvalue weighted by Gasteiger charge is 2.51. The van der Waals surface area contributed by atoms with Crippen LogP contribution in [-0.2, 0) is 10.1 Å². The fourth-order valence-electron chi connectivity index (χ4n) is 3.05. The molecular formula is C13H18NOP. The van der Waals surface area contributed by atoms with Crippen LogP contribution in [0.1, 0.15) is 25.3 Å². The van der Waals surface area contributed by atoms with E-state index >= 15 is 0 Å². The van der Waals surface area contributed by atoms with E-state index in [2.05, 4.69) is 48.6 Å². The summed E-state index contributed by atoms with van der Waals surface area (Å²) in [6, 6.07) is 11.3. The molecule has 2 heterocycles. The van der Waals surface area contributed by atoms with E-state index in [9.17, 15) is 0 Å². The zero-order chi connectivity index (χ0) is 11.2. The highest BCUT2D eigenvalue weighted by Crippen LogP contribution is 2.60. The highest BCUT2D eigenvalue weighted by molar-refractivity contribution is 7.49. The molecule has 2 fully saturated rings. The van der Waals surface area contributed by atoms with E-state index in [-0.39, 0.29) is 13.9 Å². The van der Waals surface area contributed by atoms with E-state index < -0.39 is 0 Å². The van der Waals surface area contributed by atoms with Crippen LogP contribution in [0.5, 0.6) is 0 Å². The van der Waals surface area contributed by atoms with Gasteiger partial charge in [0.05, 0.1) is 0 Å². The normalized spacial score (nSPS) is 38.9. The van der Waals surface area contributed by atoms with Gasteiger partial charge in [0.2, 0.25) is 0 Å². The maximum absolute atomic E-state index is 6.29. The van der Waals surface area contributed by atoms with Gasteiger partial charge in [-0.15, -0.1) is 0 Å². The quantitative estimate of drug-likeness (QED) is 0.692. The lowest BCUT2D eigenvalue weighted by atomic mass is 9.87. The van der Waals surface area contributed by atoms with Crippen molar-refractivity contribution in [3.63, 3.8) is 0 Å². The Hall–Kier alpha value is -0.430. The molecule has 0 amide bonds. The lowest BCUT2D eigenvalue weighted by molar-refractivity contribution is 0.0888. The average Bonchev–Trinajstić information content (AvgIpc) is 2.86. The summed E-state index contributed by atoms with van der Waals surface area (Å²) >= 11 is 0. The second-order valence-corrected chi connectivity index (χ2v) is 6.47. The standard InChI is InChI=1S/C13H18NOP/c1-13(11-7-4-3-5-8-11)12-9-6-10-14(12)16(2)15-13/h3-5,7-8,12H,6,9-10H2,1-2H3/t12-,13+,16?/m1/s1. The minimum Gasteiger partial charge on any atom is -0.331 e.